The van der Waals surface area contributed by atoms with E-state index < -0.39 is 12.1 Å². The summed E-state index contributed by atoms with van der Waals surface area (Å²) in [7, 11) is 0. The predicted octanol–water partition coefficient (Wildman–Crippen LogP) is 0.622. The van der Waals surface area contributed by atoms with Gasteiger partial charge in [-0.15, -0.1) is 0 Å². The number of amides is 1. The van der Waals surface area contributed by atoms with Crippen LogP contribution in [0.1, 0.15) is 28.7 Å². The zero-order valence-electron chi connectivity index (χ0n) is 9.39. The van der Waals surface area contributed by atoms with Crippen molar-refractivity contribution < 1.29 is 19.4 Å². The minimum absolute atomic E-state index is 0.0194. The lowest BCUT2D eigenvalue weighted by Crippen LogP contribution is -2.36. The number of nitrogens with one attached hydrogen (secondary N) is 1. The van der Waals surface area contributed by atoms with Crippen molar-refractivity contribution in [1.82, 2.24) is 15.1 Å². The van der Waals surface area contributed by atoms with Crippen LogP contribution in [0.3, 0.4) is 0 Å². The summed E-state index contributed by atoms with van der Waals surface area (Å²) in [5.41, 5.74) is 1.33. The van der Waals surface area contributed by atoms with Crippen LogP contribution in [-0.4, -0.2) is 45.4 Å². The molecule has 0 fully saturated rings. The first-order chi connectivity index (χ1) is 8.13. The quantitative estimate of drug-likeness (QED) is 0.788. The van der Waals surface area contributed by atoms with E-state index in [1.807, 2.05) is 0 Å². The van der Waals surface area contributed by atoms with Crippen molar-refractivity contribution in [2.45, 2.75) is 19.9 Å². The number of ether oxygens (including phenoxy) is 1. The highest BCUT2D eigenvalue weighted by molar-refractivity contribution is 5.87. The molecule has 0 aliphatic carbocycles. The van der Waals surface area contributed by atoms with Crippen LogP contribution in [0, 0.1) is 0 Å². The molecule has 0 radical (unpaired) electrons. The standard InChI is InChI=1S/C10H13N3O4/c1-2-17-10(16)13-4-3-7-6(5-13)8(9(14)15)12-11-7/h2-5H2,1H3,(H,11,12)(H,14,15). The van der Waals surface area contributed by atoms with Crippen LogP contribution < -0.4 is 0 Å². The monoisotopic (exact) mass is 239 g/mol. The molecular formula is C10H13N3O4. The van der Waals surface area contributed by atoms with Crippen LogP contribution >= 0.6 is 0 Å². The van der Waals surface area contributed by atoms with E-state index in [-0.39, 0.29) is 12.2 Å². The van der Waals surface area contributed by atoms with Gasteiger partial charge in [0.1, 0.15) is 0 Å². The largest absolute Gasteiger partial charge is 0.476 e. The lowest BCUT2D eigenvalue weighted by atomic mass is 10.1. The number of aromatic amines is 1. The fourth-order valence-electron chi connectivity index (χ4n) is 1.84. The molecule has 0 spiro atoms. The Hall–Kier alpha value is -2.05. The Labute approximate surface area is 97.4 Å². The molecule has 7 nitrogen and oxygen atoms in total. The molecule has 2 rings (SSSR count). The molecule has 0 atom stereocenters. The summed E-state index contributed by atoms with van der Waals surface area (Å²) in [5.74, 6) is -1.09. The van der Waals surface area contributed by atoms with E-state index in [0.29, 0.717) is 25.1 Å². The molecule has 0 bridgehead atoms. The van der Waals surface area contributed by atoms with Gasteiger partial charge in [-0.3, -0.25) is 5.10 Å². The lowest BCUT2D eigenvalue weighted by molar-refractivity contribution is 0.0684. The van der Waals surface area contributed by atoms with Crippen molar-refractivity contribution in [3.8, 4) is 0 Å². The molecule has 7 heteroatoms. The molecule has 1 aliphatic heterocycles. The van der Waals surface area contributed by atoms with Crippen LogP contribution in [0.4, 0.5) is 4.79 Å². The highest BCUT2D eigenvalue weighted by atomic mass is 16.6. The maximum atomic E-state index is 11.5. The van der Waals surface area contributed by atoms with Gasteiger partial charge in [0.2, 0.25) is 0 Å². The van der Waals surface area contributed by atoms with E-state index in [1.54, 1.807) is 6.92 Å². The first-order valence-corrected chi connectivity index (χ1v) is 5.34. The van der Waals surface area contributed by atoms with Gasteiger partial charge >= 0.3 is 12.1 Å². The van der Waals surface area contributed by atoms with E-state index in [9.17, 15) is 9.59 Å². The third-order valence-corrected chi connectivity index (χ3v) is 2.66. The number of rotatable bonds is 2. The van der Waals surface area contributed by atoms with Gasteiger partial charge in [-0.05, 0) is 6.92 Å². The summed E-state index contributed by atoms with van der Waals surface area (Å²) in [4.78, 5) is 23.9. The van der Waals surface area contributed by atoms with Gasteiger partial charge in [0.25, 0.3) is 0 Å². The number of hydrogen-bond acceptors (Lipinski definition) is 4. The van der Waals surface area contributed by atoms with E-state index in [4.69, 9.17) is 9.84 Å². The zero-order chi connectivity index (χ0) is 12.4. The van der Waals surface area contributed by atoms with Gasteiger partial charge in [0, 0.05) is 24.2 Å². The second kappa shape index (κ2) is 4.44. The summed E-state index contributed by atoms with van der Waals surface area (Å²) in [6.45, 7) is 2.77. The molecule has 2 N–H and O–H groups in total. The maximum Gasteiger partial charge on any atom is 0.410 e. The average molecular weight is 239 g/mol. The Bertz CT molecular complexity index is 454. The molecule has 17 heavy (non-hydrogen) atoms. The minimum atomic E-state index is -1.09. The summed E-state index contributed by atoms with van der Waals surface area (Å²) in [5, 5.41) is 15.4. The van der Waals surface area contributed by atoms with Gasteiger partial charge in [0.05, 0.1) is 13.2 Å². The van der Waals surface area contributed by atoms with Gasteiger partial charge < -0.3 is 14.7 Å². The number of H-pyrrole nitrogens is 1. The fraction of sp³-hybridized carbons (Fsp3) is 0.500. The van der Waals surface area contributed by atoms with Crippen molar-refractivity contribution in [3.05, 3.63) is 17.0 Å². The van der Waals surface area contributed by atoms with Gasteiger partial charge in [-0.2, -0.15) is 5.10 Å². The Morgan fingerprint density at radius 2 is 2.35 bits per heavy atom. The van der Waals surface area contributed by atoms with E-state index >= 15 is 0 Å². The Morgan fingerprint density at radius 3 is 3.00 bits per heavy atom. The highest BCUT2D eigenvalue weighted by Crippen LogP contribution is 2.20. The number of nitrogens with zero attached hydrogens (tertiary/aromatic N) is 2. The normalized spacial score (nSPS) is 14.3. The number of carboxylic acids is 1. The number of aromatic carboxylic acids is 1. The molecule has 0 saturated heterocycles. The second-order valence-corrected chi connectivity index (χ2v) is 3.70. The highest BCUT2D eigenvalue weighted by Gasteiger charge is 2.28. The van der Waals surface area contributed by atoms with Crippen LogP contribution in [0.25, 0.3) is 0 Å². The summed E-state index contributed by atoms with van der Waals surface area (Å²) < 4.78 is 4.88. The lowest BCUT2D eigenvalue weighted by Gasteiger charge is -2.25. The van der Waals surface area contributed by atoms with Crippen LogP contribution in [0.5, 0.6) is 0 Å². The molecule has 0 aromatic carbocycles. The summed E-state index contributed by atoms with van der Waals surface area (Å²) in [6, 6.07) is 0. The number of fused-ring (bicyclic) bond motifs is 1. The molecule has 1 aromatic heterocycles. The van der Waals surface area contributed by atoms with E-state index in [2.05, 4.69) is 10.2 Å². The zero-order valence-corrected chi connectivity index (χ0v) is 9.39. The molecule has 1 aliphatic rings. The SMILES string of the molecule is CCOC(=O)N1CCc2[nH]nc(C(=O)O)c2C1. The third kappa shape index (κ3) is 2.08. The van der Waals surface area contributed by atoms with Crippen LogP contribution in [-0.2, 0) is 17.7 Å². The molecule has 0 unspecified atom stereocenters. The predicted molar refractivity (Wildman–Crippen MR) is 56.7 cm³/mol. The van der Waals surface area contributed by atoms with Crippen molar-refractivity contribution in [2.75, 3.05) is 13.2 Å². The number of hydrogen-bond donors (Lipinski definition) is 2. The molecule has 1 aromatic rings. The number of carbonyl (C=O) groups is 2. The van der Waals surface area contributed by atoms with E-state index in [1.165, 1.54) is 4.90 Å². The number of aromatic nitrogens is 2. The summed E-state index contributed by atoms with van der Waals surface area (Å²) >= 11 is 0. The van der Waals surface area contributed by atoms with Gasteiger partial charge in [-0.1, -0.05) is 0 Å². The third-order valence-electron chi connectivity index (χ3n) is 2.66. The fourth-order valence-corrected chi connectivity index (χ4v) is 1.84. The van der Waals surface area contributed by atoms with Gasteiger partial charge in [0.15, 0.2) is 5.69 Å². The topological polar surface area (TPSA) is 95.5 Å². The number of carbonyl (C=O) groups excluding carboxylic acids is 1. The second-order valence-electron chi connectivity index (χ2n) is 3.70. The Kier molecular flexibility index (Phi) is 2.99. The Morgan fingerprint density at radius 1 is 1.59 bits per heavy atom. The summed E-state index contributed by atoms with van der Waals surface area (Å²) in [6.07, 6.45) is 0.143. The number of carboxylic acid groups (broad SMARTS) is 1. The van der Waals surface area contributed by atoms with E-state index in [0.717, 1.165) is 5.69 Å². The molecule has 2 heterocycles. The first kappa shape index (κ1) is 11.4. The van der Waals surface area contributed by atoms with Crippen LogP contribution in [0.2, 0.25) is 0 Å². The van der Waals surface area contributed by atoms with Crippen LogP contribution in [0.15, 0.2) is 0 Å². The maximum absolute atomic E-state index is 11.5. The Balaban J connectivity index is 2.19. The van der Waals surface area contributed by atoms with Gasteiger partial charge in [-0.25, -0.2) is 9.59 Å². The minimum Gasteiger partial charge on any atom is -0.476 e. The van der Waals surface area contributed by atoms with Crippen molar-refractivity contribution in [3.63, 3.8) is 0 Å². The van der Waals surface area contributed by atoms with Crippen molar-refractivity contribution >= 4 is 12.1 Å². The van der Waals surface area contributed by atoms with Crippen molar-refractivity contribution in [2.24, 2.45) is 0 Å². The smallest absolute Gasteiger partial charge is 0.410 e. The van der Waals surface area contributed by atoms with Crippen molar-refractivity contribution in [1.29, 1.82) is 0 Å². The molecule has 0 saturated carbocycles. The first-order valence-electron chi connectivity index (χ1n) is 5.34. The molecular weight excluding hydrogens is 226 g/mol. The molecule has 92 valence electrons. The molecule has 1 amide bonds. The average Bonchev–Trinajstić information content (AvgIpc) is 2.71.